The second-order valence-electron chi connectivity index (χ2n) is 7.00. The van der Waals surface area contributed by atoms with Gasteiger partial charge < -0.3 is 29.5 Å². The molecule has 6 heteroatoms. The minimum atomic E-state index is -0.0755. The van der Waals surface area contributed by atoms with Crippen molar-refractivity contribution in [3.05, 3.63) is 70.8 Å². The molecule has 0 saturated heterocycles. The van der Waals surface area contributed by atoms with E-state index in [0.717, 1.165) is 27.8 Å². The molecule has 1 heterocycles. The zero-order valence-corrected chi connectivity index (χ0v) is 16.9. The van der Waals surface area contributed by atoms with Gasteiger partial charge in [-0.1, -0.05) is 12.1 Å². The molecule has 0 atom stereocenters. The highest BCUT2D eigenvalue weighted by Crippen LogP contribution is 2.47. The molecule has 4 rings (SSSR count). The normalized spacial score (nSPS) is 12.9. The maximum Gasteiger partial charge on any atom is 0.200 e. The first-order chi connectivity index (χ1) is 14.4. The fraction of sp³-hybridized carbons (Fsp3) is 0.167. The zero-order chi connectivity index (χ0) is 21.4. The molecular formula is C24H22O6. The standard InChI is InChI=1S/C24H22O6/c1-13-19(26)9-8-17-22(14-4-6-16(25)7-5-14)18(12-30-24(13)17)15-10-20(28-2)23(27)21(11-15)29-3/h4-11,25-27H,12H2,1-3H3. The van der Waals surface area contributed by atoms with Gasteiger partial charge in [0.25, 0.3) is 0 Å². The van der Waals surface area contributed by atoms with Crippen molar-refractivity contribution in [2.24, 2.45) is 0 Å². The van der Waals surface area contributed by atoms with E-state index in [1.165, 1.54) is 14.2 Å². The first-order valence-electron chi connectivity index (χ1n) is 9.38. The van der Waals surface area contributed by atoms with Gasteiger partial charge in [-0.05, 0) is 60.0 Å². The van der Waals surface area contributed by atoms with Crippen LogP contribution in [0.2, 0.25) is 0 Å². The summed E-state index contributed by atoms with van der Waals surface area (Å²) in [6.45, 7) is 2.05. The molecule has 0 spiro atoms. The van der Waals surface area contributed by atoms with Gasteiger partial charge in [0.2, 0.25) is 5.75 Å². The van der Waals surface area contributed by atoms with E-state index in [9.17, 15) is 15.3 Å². The summed E-state index contributed by atoms with van der Waals surface area (Å²) in [7, 11) is 2.96. The van der Waals surface area contributed by atoms with Gasteiger partial charge in [-0.25, -0.2) is 0 Å². The molecule has 0 fully saturated rings. The second kappa shape index (κ2) is 7.55. The highest BCUT2D eigenvalue weighted by molar-refractivity contribution is 6.02. The van der Waals surface area contributed by atoms with E-state index in [-0.39, 0.29) is 35.4 Å². The fourth-order valence-electron chi connectivity index (χ4n) is 3.70. The topological polar surface area (TPSA) is 88.4 Å². The third-order valence-corrected chi connectivity index (χ3v) is 5.29. The summed E-state index contributed by atoms with van der Waals surface area (Å²) in [4.78, 5) is 0. The van der Waals surface area contributed by atoms with Crippen molar-refractivity contribution in [3.8, 4) is 34.5 Å². The number of aromatic hydroxyl groups is 3. The van der Waals surface area contributed by atoms with Gasteiger partial charge >= 0.3 is 0 Å². The number of phenols is 3. The molecule has 30 heavy (non-hydrogen) atoms. The molecule has 0 amide bonds. The molecular weight excluding hydrogens is 384 g/mol. The Labute approximate surface area is 174 Å². The summed E-state index contributed by atoms with van der Waals surface area (Å²) in [6, 6.07) is 13.8. The van der Waals surface area contributed by atoms with E-state index < -0.39 is 0 Å². The smallest absolute Gasteiger partial charge is 0.200 e. The monoisotopic (exact) mass is 406 g/mol. The lowest BCUT2D eigenvalue weighted by Gasteiger charge is -2.27. The molecule has 1 aliphatic rings. The third kappa shape index (κ3) is 3.16. The van der Waals surface area contributed by atoms with Crippen molar-refractivity contribution in [2.75, 3.05) is 20.8 Å². The first-order valence-corrected chi connectivity index (χ1v) is 9.38. The Morgan fingerprint density at radius 3 is 2.07 bits per heavy atom. The fourth-order valence-corrected chi connectivity index (χ4v) is 3.70. The van der Waals surface area contributed by atoms with Gasteiger partial charge in [0, 0.05) is 16.7 Å². The van der Waals surface area contributed by atoms with Crippen LogP contribution in [0.4, 0.5) is 0 Å². The molecule has 3 aromatic rings. The predicted molar refractivity (Wildman–Crippen MR) is 114 cm³/mol. The summed E-state index contributed by atoms with van der Waals surface area (Å²) in [5.74, 6) is 1.44. The van der Waals surface area contributed by atoms with Crippen LogP contribution in [0.1, 0.15) is 22.3 Å². The Balaban J connectivity index is 2.03. The molecule has 0 unspecified atom stereocenters. The van der Waals surface area contributed by atoms with Crippen molar-refractivity contribution >= 4 is 11.1 Å². The van der Waals surface area contributed by atoms with Crippen LogP contribution in [-0.2, 0) is 0 Å². The Hall–Kier alpha value is -3.80. The number of methoxy groups -OCH3 is 2. The maximum atomic E-state index is 10.3. The highest BCUT2D eigenvalue weighted by Gasteiger charge is 2.26. The van der Waals surface area contributed by atoms with Crippen LogP contribution in [0, 0.1) is 6.92 Å². The van der Waals surface area contributed by atoms with Crippen molar-refractivity contribution < 1.29 is 29.5 Å². The summed E-state index contributed by atoms with van der Waals surface area (Å²) in [5, 5.41) is 30.2. The average molecular weight is 406 g/mol. The number of hydrogen-bond donors (Lipinski definition) is 3. The van der Waals surface area contributed by atoms with E-state index in [2.05, 4.69) is 0 Å². The minimum absolute atomic E-state index is 0.0755. The lowest BCUT2D eigenvalue weighted by Crippen LogP contribution is -2.13. The SMILES string of the molecule is COc1cc(C2=C(c3ccc(O)cc3)c3ccc(O)c(C)c3OC2)cc(OC)c1O. The van der Waals surface area contributed by atoms with E-state index in [1.807, 2.05) is 18.2 Å². The van der Waals surface area contributed by atoms with Crippen LogP contribution < -0.4 is 14.2 Å². The summed E-state index contributed by atoms with van der Waals surface area (Å²) >= 11 is 0. The number of ether oxygens (including phenoxy) is 3. The predicted octanol–water partition coefficient (Wildman–Crippen LogP) is 4.48. The van der Waals surface area contributed by atoms with Gasteiger partial charge in [-0.3, -0.25) is 0 Å². The van der Waals surface area contributed by atoms with Crippen LogP contribution in [0.5, 0.6) is 34.5 Å². The number of hydrogen-bond acceptors (Lipinski definition) is 6. The van der Waals surface area contributed by atoms with E-state index >= 15 is 0 Å². The van der Waals surface area contributed by atoms with Gasteiger partial charge in [-0.15, -0.1) is 0 Å². The van der Waals surface area contributed by atoms with Crippen LogP contribution >= 0.6 is 0 Å². The number of fused-ring (bicyclic) bond motifs is 1. The number of phenolic OH excluding ortho intramolecular Hbond substituents is 3. The zero-order valence-electron chi connectivity index (χ0n) is 16.9. The second-order valence-corrected chi connectivity index (χ2v) is 7.00. The molecule has 0 radical (unpaired) electrons. The summed E-state index contributed by atoms with van der Waals surface area (Å²) < 4.78 is 16.7. The Morgan fingerprint density at radius 2 is 1.47 bits per heavy atom. The third-order valence-electron chi connectivity index (χ3n) is 5.29. The number of benzene rings is 3. The minimum Gasteiger partial charge on any atom is -0.508 e. The van der Waals surface area contributed by atoms with Crippen LogP contribution in [0.15, 0.2) is 48.5 Å². The Bertz CT molecular complexity index is 1120. The lowest BCUT2D eigenvalue weighted by atomic mass is 9.86. The first kappa shape index (κ1) is 19.5. The van der Waals surface area contributed by atoms with Crippen molar-refractivity contribution in [1.29, 1.82) is 0 Å². The molecule has 3 N–H and O–H groups in total. The van der Waals surface area contributed by atoms with Crippen LogP contribution in [0.25, 0.3) is 11.1 Å². The molecule has 0 saturated carbocycles. The molecule has 3 aromatic carbocycles. The summed E-state index contributed by atoms with van der Waals surface area (Å²) in [5.41, 5.74) is 4.88. The molecule has 0 bridgehead atoms. The lowest BCUT2D eigenvalue weighted by molar-refractivity contribution is 0.339. The Kier molecular flexibility index (Phi) is 4.91. The Morgan fingerprint density at radius 1 is 0.833 bits per heavy atom. The molecule has 154 valence electrons. The van der Waals surface area contributed by atoms with Gasteiger partial charge in [0.05, 0.1) is 14.2 Å². The highest BCUT2D eigenvalue weighted by atomic mass is 16.5. The molecule has 1 aliphatic heterocycles. The number of rotatable bonds is 4. The van der Waals surface area contributed by atoms with Gasteiger partial charge in [0.15, 0.2) is 11.5 Å². The van der Waals surface area contributed by atoms with Gasteiger partial charge in [-0.2, -0.15) is 0 Å². The van der Waals surface area contributed by atoms with E-state index in [0.29, 0.717) is 11.3 Å². The van der Waals surface area contributed by atoms with Crippen LogP contribution in [-0.4, -0.2) is 36.1 Å². The molecule has 6 nitrogen and oxygen atoms in total. The quantitative estimate of drug-likeness (QED) is 0.592. The van der Waals surface area contributed by atoms with Gasteiger partial charge in [0.1, 0.15) is 23.9 Å². The van der Waals surface area contributed by atoms with Crippen molar-refractivity contribution in [3.63, 3.8) is 0 Å². The molecule has 0 aromatic heterocycles. The average Bonchev–Trinajstić information content (AvgIpc) is 2.76. The maximum absolute atomic E-state index is 10.3. The molecule has 0 aliphatic carbocycles. The van der Waals surface area contributed by atoms with Crippen molar-refractivity contribution in [2.45, 2.75) is 6.92 Å². The van der Waals surface area contributed by atoms with Crippen LogP contribution in [0.3, 0.4) is 0 Å². The van der Waals surface area contributed by atoms with E-state index in [4.69, 9.17) is 14.2 Å². The van der Waals surface area contributed by atoms with E-state index in [1.54, 1.807) is 37.3 Å². The van der Waals surface area contributed by atoms with Crippen molar-refractivity contribution in [1.82, 2.24) is 0 Å². The largest absolute Gasteiger partial charge is 0.508 e. The summed E-state index contributed by atoms with van der Waals surface area (Å²) in [6.07, 6.45) is 0.